The van der Waals surface area contributed by atoms with E-state index in [1.165, 1.54) is 19.2 Å². The van der Waals surface area contributed by atoms with Crippen molar-refractivity contribution in [3.05, 3.63) is 40.1 Å². The number of rotatable bonds is 8. The number of aliphatic hydroxyl groups excluding tert-OH is 1. The van der Waals surface area contributed by atoms with E-state index in [1.54, 1.807) is 13.8 Å². The molecule has 1 aromatic carbocycles. The van der Waals surface area contributed by atoms with Gasteiger partial charge in [0.15, 0.2) is 5.69 Å². The van der Waals surface area contributed by atoms with Crippen LogP contribution in [0.5, 0.6) is 5.75 Å². The number of hydrogen-bond acceptors (Lipinski definition) is 8. The van der Waals surface area contributed by atoms with Crippen LogP contribution in [0.25, 0.3) is 0 Å². The lowest BCUT2D eigenvalue weighted by Gasteiger charge is -2.21. The normalized spacial score (nSPS) is 12.6. The molecule has 3 N–H and O–H groups in total. The fourth-order valence-corrected chi connectivity index (χ4v) is 2.34. The Balaban J connectivity index is 2.47. The van der Waals surface area contributed by atoms with E-state index < -0.39 is 28.5 Å². The first kappa shape index (κ1) is 22.1. The summed E-state index contributed by atoms with van der Waals surface area (Å²) in [5.41, 5.74) is -1.72. The summed E-state index contributed by atoms with van der Waals surface area (Å²) >= 11 is 0. The molecule has 0 unspecified atom stereocenters. The van der Waals surface area contributed by atoms with Crippen molar-refractivity contribution in [2.75, 3.05) is 24.4 Å². The summed E-state index contributed by atoms with van der Waals surface area (Å²) in [6.07, 6.45) is -4.77. The number of methoxy groups -OCH3 is 1. The maximum Gasteiger partial charge on any atom is 0.433 e. The Bertz CT molecular complexity index is 877. The van der Waals surface area contributed by atoms with Gasteiger partial charge in [-0.1, -0.05) is 13.8 Å². The molecule has 0 aliphatic rings. The van der Waals surface area contributed by atoms with Crippen molar-refractivity contribution in [1.82, 2.24) is 9.97 Å². The van der Waals surface area contributed by atoms with Crippen LogP contribution in [0, 0.1) is 16.0 Å². The second-order valence-corrected chi connectivity index (χ2v) is 6.40. The lowest BCUT2D eigenvalue weighted by atomic mass is 10.1. The molecule has 2 rings (SSSR count). The number of nitrogens with one attached hydrogen (secondary N) is 2. The number of nitro benzene ring substituents is 1. The minimum absolute atomic E-state index is 0.0730. The predicted octanol–water partition coefficient (Wildman–Crippen LogP) is 3.58. The van der Waals surface area contributed by atoms with Crippen molar-refractivity contribution in [2.45, 2.75) is 26.1 Å². The van der Waals surface area contributed by atoms with Crippen LogP contribution in [-0.2, 0) is 6.18 Å². The molecular formula is C17H20F3N5O4. The van der Waals surface area contributed by atoms with Crippen LogP contribution >= 0.6 is 0 Å². The van der Waals surface area contributed by atoms with Crippen molar-refractivity contribution in [1.29, 1.82) is 0 Å². The van der Waals surface area contributed by atoms with Crippen LogP contribution in [0.4, 0.5) is 36.3 Å². The predicted molar refractivity (Wildman–Crippen MR) is 99.3 cm³/mol. The molecule has 9 nitrogen and oxygen atoms in total. The van der Waals surface area contributed by atoms with Crippen LogP contribution in [0.1, 0.15) is 19.5 Å². The highest BCUT2D eigenvalue weighted by Gasteiger charge is 2.34. The monoisotopic (exact) mass is 415 g/mol. The fraction of sp³-hybridized carbons (Fsp3) is 0.412. The molecule has 0 spiro atoms. The molecule has 1 heterocycles. The molecular weight excluding hydrogens is 395 g/mol. The molecule has 0 aliphatic carbocycles. The van der Waals surface area contributed by atoms with Crippen molar-refractivity contribution >= 4 is 23.1 Å². The second-order valence-electron chi connectivity index (χ2n) is 6.40. The molecule has 158 valence electrons. The first-order valence-corrected chi connectivity index (χ1v) is 8.48. The number of ether oxygens (including phenoxy) is 1. The highest BCUT2D eigenvalue weighted by molar-refractivity contribution is 5.70. The second kappa shape index (κ2) is 8.90. The van der Waals surface area contributed by atoms with Gasteiger partial charge in [-0.05, 0) is 18.1 Å². The Morgan fingerprint density at radius 3 is 2.48 bits per heavy atom. The van der Waals surface area contributed by atoms with Gasteiger partial charge in [0.25, 0.3) is 5.69 Å². The van der Waals surface area contributed by atoms with Gasteiger partial charge in [-0.15, -0.1) is 0 Å². The minimum atomic E-state index is -4.77. The summed E-state index contributed by atoms with van der Waals surface area (Å²) in [4.78, 5) is 18.0. The largest absolute Gasteiger partial charge is 0.496 e. The van der Waals surface area contributed by atoms with E-state index in [0.29, 0.717) is 6.07 Å². The average molecular weight is 415 g/mol. The van der Waals surface area contributed by atoms with Crippen LogP contribution in [0.2, 0.25) is 0 Å². The highest BCUT2D eigenvalue weighted by Crippen LogP contribution is 2.34. The van der Waals surface area contributed by atoms with Crippen LogP contribution in [0.15, 0.2) is 24.3 Å². The quantitative estimate of drug-likeness (QED) is 0.442. The third kappa shape index (κ3) is 5.67. The number of halogens is 3. The molecule has 1 atom stereocenters. The van der Waals surface area contributed by atoms with Crippen molar-refractivity contribution in [3.8, 4) is 5.75 Å². The minimum Gasteiger partial charge on any atom is -0.496 e. The Morgan fingerprint density at radius 1 is 1.28 bits per heavy atom. The van der Waals surface area contributed by atoms with E-state index >= 15 is 0 Å². The molecule has 0 saturated carbocycles. The van der Waals surface area contributed by atoms with Gasteiger partial charge in [0.2, 0.25) is 5.95 Å². The number of nitrogens with zero attached hydrogens (tertiary/aromatic N) is 3. The first-order chi connectivity index (χ1) is 13.5. The topological polar surface area (TPSA) is 122 Å². The Kier molecular flexibility index (Phi) is 6.80. The standard InChI is InChI=1S/C17H20F3N5O4/c1-9(2)12(8-26)22-16-23-14(17(18,19)20)7-15(24-16)21-11-5-4-10(29-3)6-13(11)25(27)28/h4-7,9,12,26H,8H2,1-3H3,(H2,21,22,23,24)/t12-/m1/s1. The zero-order chi connectivity index (χ0) is 21.8. The van der Waals surface area contributed by atoms with Gasteiger partial charge in [-0.3, -0.25) is 10.1 Å². The van der Waals surface area contributed by atoms with Gasteiger partial charge in [0, 0.05) is 6.07 Å². The van der Waals surface area contributed by atoms with Gasteiger partial charge < -0.3 is 20.5 Å². The maximum atomic E-state index is 13.3. The zero-order valence-electron chi connectivity index (χ0n) is 15.8. The molecule has 29 heavy (non-hydrogen) atoms. The summed E-state index contributed by atoms with van der Waals surface area (Å²) in [6.45, 7) is 3.19. The summed E-state index contributed by atoms with van der Waals surface area (Å²) in [5, 5.41) is 25.9. The van der Waals surface area contributed by atoms with E-state index in [2.05, 4.69) is 20.6 Å². The number of hydrogen-bond donors (Lipinski definition) is 3. The van der Waals surface area contributed by atoms with E-state index in [1.807, 2.05) is 0 Å². The Hall–Kier alpha value is -3.15. The number of anilines is 3. The van der Waals surface area contributed by atoms with E-state index in [0.717, 1.165) is 6.07 Å². The average Bonchev–Trinajstić information content (AvgIpc) is 2.65. The van der Waals surface area contributed by atoms with Gasteiger partial charge in [-0.2, -0.15) is 18.2 Å². The van der Waals surface area contributed by atoms with Crippen molar-refractivity contribution in [2.24, 2.45) is 5.92 Å². The molecule has 0 fully saturated rings. The molecule has 0 saturated heterocycles. The van der Waals surface area contributed by atoms with Crippen molar-refractivity contribution < 1.29 is 27.9 Å². The Labute approximate surface area is 164 Å². The number of alkyl halides is 3. The molecule has 1 aromatic heterocycles. The number of benzene rings is 1. The molecule has 0 bridgehead atoms. The third-order valence-electron chi connectivity index (χ3n) is 4.00. The van der Waals surface area contributed by atoms with Crippen LogP contribution in [-0.4, -0.2) is 39.8 Å². The number of nitro groups is 1. The summed E-state index contributed by atoms with van der Waals surface area (Å²) in [6, 6.07) is 3.91. The van der Waals surface area contributed by atoms with Crippen LogP contribution < -0.4 is 15.4 Å². The lowest BCUT2D eigenvalue weighted by Crippen LogP contribution is -2.30. The smallest absolute Gasteiger partial charge is 0.433 e. The first-order valence-electron chi connectivity index (χ1n) is 8.48. The number of aromatic nitrogens is 2. The molecule has 0 aliphatic heterocycles. The highest BCUT2D eigenvalue weighted by atomic mass is 19.4. The van der Waals surface area contributed by atoms with Gasteiger partial charge in [-0.25, -0.2) is 4.98 Å². The van der Waals surface area contributed by atoms with Crippen molar-refractivity contribution in [3.63, 3.8) is 0 Å². The van der Waals surface area contributed by atoms with E-state index in [9.17, 15) is 28.4 Å². The summed E-state index contributed by atoms with van der Waals surface area (Å²) < 4.78 is 44.7. The maximum absolute atomic E-state index is 13.3. The molecule has 12 heteroatoms. The zero-order valence-corrected chi connectivity index (χ0v) is 15.8. The Morgan fingerprint density at radius 2 is 1.97 bits per heavy atom. The van der Waals surface area contributed by atoms with E-state index in [4.69, 9.17) is 4.74 Å². The van der Waals surface area contributed by atoms with Crippen LogP contribution in [0.3, 0.4) is 0 Å². The fourth-order valence-electron chi connectivity index (χ4n) is 2.34. The van der Waals surface area contributed by atoms with E-state index in [-0.39, 0.29) is 35.7 Å². The number of aliphatic hydroxyl groups is 1. The summed E-state index contributed by atoms with van der Waals surface area (Å²) in [5.74, 6) is -0.571. The van der Waals surface area contributed by atoms with Gasteiger partial charge in [0.05, 0.1) is 30.7 Å². The summed E-state index contributed by atoms with van der Waals surface area (Å²) in [7, 11) is 1.33. The van der Waals surface area contributed by atoms with Gasteiger partial charge in [0.1, 0.15) is 17.3 Å². The van der Waals surface area contributed by atoms with Gasteiger partial charge >= 0.3 is 6.18 Å². The molecule has 2 aromatic rings. The molecule has 0 radical (unpaired) electrons. The lowest BCUT2D eigenvalue weighted by molar-refractivity contribution is -0.384. The third-order valence-corrected chi connectivity index (χ3v) is 4.00. The SMILES string of the molecule is COc1ccc(Nc2cc(C(F)(F)F)nc(N[C@H](CO)C(C)C)n2)c([N+](=O)[O-])c1. The molecule has 0 amide bonds.